The summed E-state index contributed by atoms with van der Waals surface area (Å²) in [4.78, 5) is 14.1. The van der Waals surface area contributed by atoms with Gasteiger partial charge < -0.3 is 0 Å². The lowest BCUT2D eigenvalue weighted by atomic mass is 9.65. The zero-order chi connectivity index (χ0) is 34.8. The van der Waals surface area contributed by atoms with E-state index in [9.17, 15) is 0 Å². The minimum Gasteiger partial charge on any atom is -0.238 e. The molecular formula is C49H31N3. The van der Waals surface area contributed by atoms with E-state index in [-0.39, 0.29) is 0 Å². The van der Waals surface area contributed by atoms with Gasteiger partial charge in [0, 0.05) is 11.1 Å². The summed E-state index contributed by atoms with van der Waals surface area (Å²) in [6, 6.07) is 60.6. The monoisotopic (exact) mass is 661 g/mol. The quantitative estimate of drug-likeness (QED) is 0.176. The molecule has 0 atom stereocenters. The highest BCUT2D eigenvalue weighted by atomic mass is 14.9. The Balaban J connectivity index is 1.30. The number of hydrogen-bond donors (Lipinski definition) is 0. The van der Waals surface area contributed by atoms with Gasteiger partial charge in [-0.25, -0.2) is 14.8 Å². The second-order valence-corrected chi connectivity index (χ2v) is 13.7. The van der Waals surface area contributed by atoms with E-state index in [0.717, 1.165) is 28.1 Å². The molecule has 0 amide bonds. The topological polar surface area (TPSA) is 30.1 Å². The first-order valence-corrected chi connectivity index (χ1v) is 17.6. The van der Waals surface area contributed by atoms with Gasteiger partial charge in [-0.2, -0.15) is 0 Å². The summed E-state index contributed by atoms with van der Waals surface area (Å²) in [7, 11) is 0. The third-order valence-corrected chi connectivity index (χ3v) is 10.8. The summed E-state index contributed by atoms with van der Waals surface area (Å²) in [6.45, 7) is 9.57. The fourth-order valence-corrected chi connectivity index (χ4v) is 8.49. The fourth-order valence-electron chi connectivity index (χ4n) is 8.49. The molecule has 0 saturated heterocycles. The first-order valence-electron chi connectivity index (χ1n) is 17.6. The lowest BCUT2D eigenvalue weighted by molar-refractivity contribution is 0.775. The number of aryl methyl sites for hydroxylation is 1. The lowest BCUT2D eigenvalue weighted by Gasteiger charge is -2.35. The molecule has 0 fully saturated rings. The van der Waals surface area contributed by atoms with Crippen molar-refractivity contribution < 1.29 is 0 Å². The van der Waals surface area contributed by atoms with Crippen LogP contribution in [0.25, 0.3) is 72.1 Å². The van der Waals surface area contributed by atoms with Crippen LogP contribution < -0.4 is 0 Å². The van der Waals surface area contributed by atoms with Gasteiger partial charge in [-0.05, 0) is 80.3 Å². The molecule has 0 unspecified atom stereocenters. The Labute approximate surface area is 303 Å². The van der Waals surface area contributed by atoms with Crippen LogP contribution in [0.15, 0.2) is 170 Å². The first kappa shape index (κ1) is 30.0. The number of benzene rings is 7. The molecule has 1 aromatic heterocycles. The van der Waals surface area contributed by atoms with Gasteiger partial charge in [0.1, 0.15) is 0 Å². The summed E-state index contributed by atoms with van der Waals surface area (Å²) in [5.41, 5.74) is 18.3. The van der Waals surface area contributed by atoms with Crippen molar-refractivity contribution >= 4 is 5.69 Å². The minimum absolute atomic E-state index is 0.582. The zero-order valence-electron chi connectivity index (χ0n) is 28.5. The van der Waals surface area contributed by atoms with Gasteiger partial charge >= 0.3 is 0 Å². The third kappa shape index (κ3) is 4.38. The van der Waals surface area contributed by atoms with Gasteiger partial charge in [-0.15, -0.1) is 0 Å². The third-order valence-electron chi connectivity index (χ3n) is 10.8. The van der Waals surface area contributed by atoms with Crippen LogP contribution in [0.5, 0.6) is 0 Å². The maximum Gasteiger partial charge on any atom is 0.187 e. The van der Waals surface area contributed by atoms with Crippen molar-refractivity contribution in [3.8, 4) is 67.3 Å². The molecule has 1 heterocycles. The van der Waals surface area contributed by atoms with E-state index in [4.69, 9.17) is 16.5 Å². The highest BCUT2D eigenvalue weighted by molar-refractivity contribution is 5.97. The summed E-state index contributed by atoms with van der Waals surface area (Å²) in [5.74, 6) is 0.658. The summed E-state index contributed by atoms with van der Waals surface area (Å²) >= 11 is 0. The molecule has 2 aliphatic carbocycles. The molecule has 242 valence electrons. The summed E-state index contributed by atoms with van der Waals surface area (Å²) in [6.07, 6.45) is 0. The molecule has 1 spiro atoms. The van der Waals surface area contributed by atoms with Crippen molar-refractivity contribution in [2.45, 2.75) is 12.3 Å². The number of hydrogen-bond acceptors (Lipinski definition) is 2. The van der Waals surface area contributed by atoms with E-state index in [1.54, 1.807) is 0 Å². The van der Waals surface area contributed by atoms with E-state index in [0.29, 0.717) is 11.5 Å². The molecule has 7 aromatic carbocycles. The highest BCUT2D eigenvalue weighted by Gasteiger charge is 2.49. The number of rotatable bonds is 3. The molecule has 0 bridgehead atoms. The van der Waals surface area contributed by atoms with Crippen molar-refractivity contribution in [2.24, 2.45) is 0 Å². The van der Waals surface area contributed by atoms with Crippen LogP contribution in [0.1, 0.15) is 27.8 Å². The van der Waals surface area contributed by atoms with Crippen molar-refractivity contribution in [1.82, 2.24) is 9.97 Å². The van der Waals surface area contributed by atoms with Crippen LogP contribution in [0.4, 0.5) is 5.69 Å². The Hall–Kier alpha value is -6.89. The first-order chi connectivity index (χ1) is 25.6. The summed E-state index contributed by atoms with van der Waals surface area (Å²) in [5, 5.41) is 0. The number of aromatic nitrogens is 2. The van der Waals surface area contributed by atoms with Gasteiger partial charge in [0.2, 0.25) is 0 Å². The molecule has 10 rings (SSSR count). The average molecular weight is 662 g/mol. The number of fused-ring (bicyclic) bond motifs is 12. The van der Waals surface area contributed by atoms with Crippen LogP contribution >= 0.6 is 0 Å². The van der Waals surface area contributed by atoms with Crippen molar-refractivity contribution in [3.63, 3.8) is 0 Å². The van der Waals surface area contributed by atoms with Crippen LogP contribution in [-0.4, -0.2) is 9.97 Å². The van der Waals surface area contributed by atoms with Gasteiger partial charge in [-0.3, -0.25) is 0 Å². The highest BCUT2D eigenvalue weighted by Crippen LogP contribution is 2.61. The van der Waals surface area contributed by atoms with Crippen LogP contribution in [0, 0.1) is 13.5 Å². The molecule has 0 saturated carbocycles. The van der Waals surface area contributed by atoms with Gasteiger partial charge in [0.05, 0.1) is 23.4 Å². The smallest absolute Gasteiger partial charge is 0.187 e. The molecule has 3 heteroatoms. The Morgan fingerprint density at radius 1 is 0.423 bits per heavy atom. The molecule has 0 radical (unpaired) electrons. The zero-order valence-corrected chi connectivity index (χ0v) is 28.5. The van der Waals surface area contributed by atoms with E-state index < -0.39 is 5.41 Å². The largest absolute Gasteiger partial charge is 0.238 e. The van der Waals surface area contributed by atoms with Crippen LogP contribution in [0.2, 0.25) is 0 Å². The van der Waals surface area contributed by atoms with E-state index in [2.05, 4.69) is 157 Å². The van der Waals surface area contributed by atoms with Crippen LogP contribution in [0.3, 0.4) is 0 Å². The van der Waals surface area contributed by atoms with Crippen molar-refractivity contribution in [1.29, 1.82) is 0 Å². The standard InChI is InChI=1S/C49H31N3/c1-31-19-21-32(22-20-31)46-30-47(33-23-26-35(50-2)27-24-33)52-48(51-46)34-25-28-41-37-12-4-3-11-36(37)38-13-5-8-16-42(38)49(45(41)29-34)43-17-9-6-14-39(43)40-15-7-10-18-44(40)49/h3-30H,1H3. The van der Waals surface area contributed by atoms with Crippen molar-refractivity contribution in [2.75, 3.05) is 0 Å². The SMILES string of the molecule is [C-]#[N+]c1ccc(-c2cc(-c3ccc(C)cc3)nc(-c3ccc4c(c3)C3(c5ccccc5-c5ccccc5-4)c4ccccc4-c4ccccc43)n2)cc1. The normalized spacial score (nSPS) is 12.8. The second kappa shape index (κ2) is 11.6. The molecule has 3 nitrogen and oxygen atoms in total. The maximum absolute atomic E-state index is 7.47. The number of nitrogens with zero attached hydrogens (tertiary/aromatic N) is 3. The van der Waals surface area contributed by atoms with E-state index in [1.165, 1.54) is 61.2 Å². The Bertz CT molecular complexity index is 2710. The predicted molar refractivity (Wildman–Crippen MR) is 211 cm³/mol. The fraction of sp³-hybridized carbons (Fsp3) is 0.0408. The molecular weight excluding hydrogens is 631 g/mol. The van der Waals surface area contributed by atoms with Gasteiger partial charge in [0.15, 0.2) is 11.5 Å². The Morgan fingerprint density at radius 3 is 1.37 bits per heavy atom. The average Bonchev–Trinajstić information content (AvgIpc) is 3.46. The molecule has 0 N–H and O–H groups in total. The van der Waals surface area contributed by atoms with E-state index in [1.807, 2.05) is 24.3 Å². The molecule has 0 aliphatic heterocycles. The summed E-state index contributed by atoms with van der Waals surface area (Å²) < 4.78 is 0. The molecule has 2 aliphatic rings. The maximum atomic E-state index is 7.47. The predicted octanol–water partition coefficient (Wildman–Crippen LogP) is 12.3. The van der Waals surface area contributed by atoms with Crippen molar-refractivity contribution in [3.05, 3.63) is 209 Å². The minimum atomic E-state index is -0.582. The molecule has 8 aromatic rings. The second-order valence-electron chi connectivity index (χ2n) is 13.7. The lowest BCUT2D eigenvalue weighted by Crippen LogP contribution is -2.29. The molecule has 52 heavy (non-hydrogen) atoms. The van der Waals surface area contributed by atoms with Crippen LogP contribution in [-0.2, 0) is 5.41 Å². The Morgan fingerprint density at radius 2 is 0.846 bits per heavy atom. The van der Waals surface area contributed by atoms with Gasteiger partial charge in [-0.1, -0.05) is 163 Å². The Kier molecular flexibility index (Phi) is 6.68. The van der Waals surface area contributed by atoms with E-state index >= 15 is 0 Å². The van der Waals surface area contributed by atoms with Gasteiger partial charge in [0.25, 0.3) is 0 Å².